The summed E-state index contributed by atoms with van der Waals surface area (Å²) in [6.07, 6.45) is 0. The van der Waals surface area contributed by atoms with Crippen molar-refractivity contribution in [2.75, 3.05) is 19.4 Å². The number of benzene rings is 1. The second-order valence-corrected chi connectivity index (χ2v) is 7.01. The molecule has 1 aromatic rings. The maximum Gasteiger partial charge on any atom is 0.243 e. The van der Waals surface area contributed by atoms with Crippen molar-refractivity contribution in [3.05, 3.63) is 22.2 Å². The molecule has 1 atom stereocenters. The monoisotopic (exact) mass is 336 g/mol. The van der Waals surface area contributed by atoms with Gasteiger partial charge in [-0.15, -0.1) is 0 Å². The van der Waals surface area contributed by atoms with E-state index in [9.17, 15) is 8.42 Å². The third-order valence-electron chi connectivity index (χ3n) is 2.84. The lowest BCUT2D eigenvalue weighted by molar-refractivity contribution is 0.214. The standard InChI is InChI=1S/C11H17BrN2O3S/c1-7-4-9(12)10(13)5-11(7)18(16,17)14(3)8(2)6-15/h4-5,8,15H,6,13H2,1-3H3. The van der Waals surface area contributed by atoms with Crippen molar-refractivity contribution >= 4 is 31.6 Å². The fourth-order valence-corrected chi connectivity index (χ4v) is 3.50. The first-order valence-corrected chi connectivity index (χ1v) is 7.59. The third-order valence-corrected chi connectivity index (χ3v) is 5.64. The number of aryl methyl sites for hydroxylation is 1. The Hall–Kier alpha value is -0.630. The van der Waals surface area contributed by atoms with Crippen LogP contribution in [0.5, 0.6) is 0 Å². The lowest BCUT2D eigenvalue weighted by Crippen LogP contribution is -2.37. The largest absolute Gasteiger partial charge is 0.398 e. The molecule has 0 saturated heterocycles. The van der Waals surface area contributed by atoms with Gasteiger partial charge in [0.2, 0.25) is 10.0 Å². The maximum absolute atomic E-state index is 12.4. The summed E-state index contributed by atoms with van der Waals surface area (Å²) in [5, 5.41) is 9.05. The number of aliphatic hydroxyl groups excluding tert-OH is 1. The van der Waals surface area contributed by atoms with Crippen LogP contribution in [-0.2, 0) is 10.0 Å². The number of nitrogens with zero attached hydrogens (tertiary/aromatic N) is 1. The Bertz CT molecular complexity index is 545. The SMILES string of the molecule is Cc1cc(Br)c(N)cc1S(=O)(=O)N(C)C(C)CO. The molecule has 0 spiro atoms. The van der Waals surface area contributed by atoms with Crippen LogP contribution in [0.15, 0.2) is 21.5 Å². The Morgan fingerprint density at radius 1 is 1.50 bits per heavy atom. The maximum atomic E-state index is 12.4. The van der Waals surface area contributed by atoms with Crippen LogP contribution in [0.25, 0.3) is 0 Å². The van der Waals surface area contributed by atoms with Crippen LogP contribution in [0.1, 0.15) is 12.5 Å². The molecule has 1 aromatic carbocycles. The molecule has 102 valence electrons. The number of hydrogen-bond donors (Lipinski definition) is 2. The molecule has 0 amide bonds. The van der Waals surface area contributed by atoms with Gasteiger partial charge in [-0.1, -0.05) is 0 Å². The van der Waals surface area contributed by atoms with Gasteiger partial charge in [-0.2, -0.15) is 4.31 Å². The van der Waals surface area contributed by atoms with E-state index < -0.39 is 16.1 Å². The first-order chi connectivity index (χ1) is 8.21. The van der Waals surface area contributed by atoms with Crippen molar-refractivity contribution in [1.29, 1.82) is 0 Å². The Balaban J connectivity index is 3.33. The summed E-state index contributed by atoms with van der Waals surface area (Å²) in [5.74, 6) is 0. The molecule has 18 heavy (non-hydrogen) atoms. The quantitative estimate of drug-likeness (QED) is 0.812. The summed E-state index contributed by atoms with van der Waals surface area (Å²) in [6.45, 7) is 3.10. The van der Waals surface area contributed by atoms with Gasteiger partial charge in [0.05, 0.1) is 11.5 Å². The number of rotatable bonds is 4. The molecule has 1 rings (SSSR count). The van der Waals surface area contributed by atoms with Crippen molar-refractivity contribution in [3.63, 3.8) is 0 Å². The van der Waals surface area contributed by atoms with Gasteiger partial charge in [-0.25, -0.2) is 8.42 Å². The van der Waals surface area contributed by atoms with Gasteiger partial charge >= 0.3 is 0 Å². The zero-order valence-electron chi connectivity index (χ0n) is 10.5. The Morgan fingerprint density at radius 3 is 2.56 bits per heavy atom. The zero-order chi connectivity index (χ0) is 14.1. The second kappa shape index (κ2) is 5.56. The fraction of sp³-hybridized carbons (Fsp3) is 0.455. The normalized spacial score (nSPS) is 13.9. The molecule has 0 bridgehead atoms. The summed E-state index contributed by atoms with van der Waals surface area (Å²) in [6, 6.07) is 2.61. The van der Waals surface area contributed by atoms with E-state index in [1.54, 1.807) is 19.9 Å². The van der Waals surface area contributed by atoms with Crippen LogP contribution >= 0.6 is 15.9 Å². The van der Waals surface area contributed by atoms with Gasteiger partial charge in [-0.05, 0) is 47.5 Å². The molecule has 1 unspecified atom stereocenters. The predicted octanol–water partition coefficient (Wildman–Crippen LogP) is 1.34. The van der Waals surface area contributed by atoms with Crippen molar-refractivity contribution < 1.29 is 13.5 Å². The number of sulfonamides is 1. The van der Waals surface area contributed by atoms with E-state index in [0.29, 0.717) is 15.7 Å². The molecule has 0 radical (unpaired) electrons. The second-order valence-electron chi connectivity index (χ2n) is 4.19. The van der Waals surface area contributed by atoms with Crippen molar-refractivity contribution in [2.45, 2.75) is 24.8 Å². The van der Waals surface area contributed by atoms with Gasteiger partial charge in [0.1, 0.15) is 0 Å². The molecular formula is C11H17BrN2O3S. The molecular weight excluding hydrogens is 320 g/mol. The van der Waals surface area contributed by atoms with E-state index in [-0.39, 0.29) is 11.5 Å². The summed E-state index contributed by atoms with van der Waals surface area (Å²) in [7, 11) is -2.21. The van der Waals surface area contributed by atoms with Gasteiger partial charge in [-0.3, -0.25) is 0 Å². The van der Waals surface area contributed by atoms with Crippen LogP contribution in [0, 0.1) is 6.92 Å². The molecule has 5 nitrogen and oxygen atoms in total. The van der Waals surface area contributed by atoms with Gasteiger partial charge in [0.15, 0.2) is 0 Å². The molecule has 0 aromatic heterocycles. The highest BCUT2D eigenvalue weighted by molar-refractivity contribution is 9.10. The number of nitrogens with two attached hydrogens (primary N) is 1. The van der Waals surface area contributed by atoms with Crippen molar-refractivity contribution in [1.82, 2.24) is 4.31 Å². The number of hydrogen-bond acceptors (Lipinski definition) is 4. The average Bonchev–Trinajstić information content (AvgIpc) is 2.31. The average molecular weight is 337 g/mol. The zero-order valence-corrected chi connectivity index (χ0v) is 12.9. The molecule has 3 N–H and O–H groups in total. The number of nitrogen functional groups attached to an aromatic ring is 1. The minimum atomic E-state index is -3.65. The van der Waals surface area contributed by atoms with Crippen LogP contribution in [0.4, 0.5) is 5.69 Å². The smallest absolute Gasteiger partial charge is 0.243 e. The van der Waals surface area contributed by atoms with Gasteiger partial charge in [0, 0.05) is 23.2 Å². The topological polar surface area (TPSA) is 83.6 Å². The van der Waals surface area contributed by atoms with E-state index in [2.05, 4.69) is 15.9 Å². The summed E-state index contributed by atoms with van der Waals surface area (Å²) in [4.78, 5) is 0.158. The van der Waals surface area contributed by atoms with E-state index in [1.165, 1.54) is 13.1 Å². The highest BCUT2D eigenvalue weighted by Gasteiger charge is 2.27. The van der Waals surface area contributed by atoms with Gasteiger partial charge in [0.25, 0.3) is 0 Å². The Kier molecular flexibility index (Phi) is 4.77. The first-order valence-electron chi connectivity index (χ1n) is 5.36. The number of likely N-dealkylation sites (N-methyl/N-ethyl adjacent to an activating group) is 1. The fourth-order valence-electron chi connectivity index (χ4n) is 1.45. The van der Waals surface area contributed by atoms with Crippen molar-refractivity contribution in [2.24, 2.45) is 0 Å². The summed E-state index contributed by atoms with van der Waals surface area (Å²) < 4.78 is 26.5. The van der Waals surface area contributed by atoms with E-state index in [1.807, 2.05) is 0 Å². The lowest BCUT2D eigenvalue weighted by atomic mass is 10.2. The highest BCUT2D eigenvalue weighted by Crippen LogP contribution is 2.28. The van der Waals surface area contributed by atoms with E-state index in [0.717, 1.165) is 4.31 Å². The summed E-state index contributed by atoms with van der Waals surface area (Å²) in [5.41, 5.74) is 6.69. The third kappa shape index (κ3) is 2.85. The van der Waals surface area contributed by atoms with Gasteiger partial charge < -0.3 is 10.8 Å². The first kappa shape index (κ1) is 15.4. The molecule has 0 heterocycles. The summed E-state index contributed by atoms with van der Waals surface area (Å²) >= 11 is 3.25. The minimum Gasteiger partial charge on any atom is -0.398 e. The van der Waals surface area contributed by atoms with Crippen molar-refractivity contribution in [3.8, 4) is 0 Å². The van der Waals surface area contributed by atoms with E-state index >= 15 is 0 Å². The Morgan fingerprint density at radius 2 is 2.06 bits per heavy atom. The highest BCUT2D eigenvalue weighted by atomic mass is 79.9. The number of anilines is 1. The number of aliphatic hydroxyl groups is 1. The van der Waals surface area contributed by atoms with Crippen LogP contribution in [0.2, 0.25) is 0 Å². The molecule has 7 heteroatoms. The lowest BCUT2D eigenvalue weighted by Gasteiger charge is -2.23. The predicted molar refractivity (Wildman–Crippen MR) is 74.8 cm³/mol. The van der Waals surface area contributed by atoms with Crippen LogP contribution in [0.3, 0.4) is 0 Å². The Labute approximate surface area is 116 Å². The van der Waals surface area contributed by atoms with E-state index in [4.69, 9.17) is 10.8 Å². The van der Waals surface area contributed by atoms with Crippen LogP contribution < -0.4 is 5.73 Å². The molecule has 0 saturated carbocycles. The molecule has 0 aliphatic rings. The van der Waals surface area contributed by atoms with Crippen LogP contribution in [-0.4, -0.2) is 37.5 Å². The molecule has 0 fully saturated rings. The minimum absolute atomic E-state index is 0.158. The molecule has 0 aliphatic carbocycles. The number of halogens is 1. The molecule has 0 aliphatic heterocycles.